The minimum atomic E-state index is -4.53. The molecule has 5 rings (SSSR count). The van der Waals surface area contributed by atoms with Crippen LogP contribution in [0.4, 0.5) is 13.2 Å². The van der Waals surface area contributed by atoms with Crippen molar-refractivity contribution >= 4 is 10.9 Å². The van der Waals surface area contributed by atoms with Crippen molar-refractivity contribution in [2.75, 3.05) is 33.2 Å². The third kappa shape index (κ3) is 4.11. The molecule has 0 saturated carbocycles. The molecule has 10 heteroatoms. The number of benzene rings is 2. The Morgan fingerprint density at radius 2 is 1.84 bits per heavy atom. The van der Waals surface area contributed by atoms with E-state index in [1.54, 1.807) is 6.07 Å². The Balaban J connectivity index is 1.39. The highest BCUT2D eigenvalue weighted by Gasteiger charge is 2.35. The Morgan fingerprint density at radius 3 is 2.62 bits per heavy atom. The zero-order valence-corrected chi connectivity index (χ0v) is 17.4. The van der Waals surface area contributed by atoms with Crippen LogP contribution in [-0.4, -0.2) is 63.4 Å². The Kier molecular flexibility index (Phi) is 5.18. The maximum absolute atomic E-state index is 13.2. The van der Waals surface area contributed by atoms with Gasteiger partial charge in [0.1, 0.15) is 5.69 Å². The molecule has 2 aromatic heterocycles. The average Bonchev–Trinajstić information content (AvgIpc) is 3.42. The number of aromatic nitrogens is 4. The molecule has 1 aliphatic rings. The molecule has 1 fully saturated rings. The SMILES string of the molecule is CN1CCN(Cc2cccc(-c3noc(-c4ccc5n[nH]c(C(F)(F)F)c5c4)n3)c2)CC1. The van der Waals surface area contributed by atoms with Crippen LogP contribution in [0.5, 0.6) is 0 Å². The summed E-state index contributed by atoms with van der Waals surface area (Å²) in [5.41, 5.74) is 1.67. The molecule has 7 nitrogen and oxygen atoms in total. The lowest BCUT2D eigenvalue weighted by Crippen LogP contribution is -2.43. The number of hydrogen-bond donors (Lipinski definition) is 1. The van der Waals surface area contributed by atoms with Gasteiger partial charge in [0.2, 0.25) is 5.82 Å². The van der Waals surface area contributed by atoms with Crippen molar-refractivity contribution in [3.8, 4) is 22.8 Å². The predicted molar refractivity (Wildman–Crippen MR) is 113 cm³/mol. The summed E-state index contributed by atoms with van der Waals surface area (Å²) in [4.78, 5) is 9.14. The molecule has 0 atom stereocenters. The summed E-state index contributed by atoms with van der Waals surface area (Å²) in [6.45, 7) is 4.96. The number of alkyl halides is 3. The van der Waals surface area contributed by atoms with Crippen molar-refractivity contribution in [2.24, 2.45) is 0 Å². The lowest BCUT2D eigenvalue weighted by atomic mass is 10.1. The molecule has 1 saturated heterocycles. The number of halogens is 3. The quantitative estimate of drug-likeness (QED) is 0.514. The first-order valence-corrected chi connectivity index (χ1v) is 10.3. The molecule has 0 bridgehead atoms. The molecule has 0 amide bonds. The highest BCUT2D eigenvalue weighted by atomic mass is 19.4. The molecular weight excluding hydrogens is 421 g/mol. The smallest absolute Gasteiger partial charge is 0.334 e. The normalized spacial score (nSPS) is 16.1. The second kappa shape index (κ2) is 8.03. The first-order chi connectivity index (χ1) is 15.4. The highest BCUT2D eigenvalue weighted by Crippen LogP contribution is 2.35. The molecule has 0 aliphatic carbocycles. The molecule has 0 spiro atoms. The molecule has 166 valence electrons. The van der Waals surface area contributed by atoms with E-state index in [0.717, 1.165) is 43.9 Å². The van der Waals surface area contributed by atoms with E-state index in [-0.39, 0.29) is 16.8 Å². The predicted octanol–water partition coefficient (Wildman–Crippen LogP) is 4.05. The van der Waals surface area contributed by atoms with Crippen molar-refractivity contribution in [3.05, 3.63) is 53.7 Å². The number of piperazine rings is 1. The number of fused-ring (bicyclic) bond motifs is 1. The van der Waals surface area contributed by atoms with Gasteiger partial charge in [-0.15, -0.1) is 0 Å². The van der Waals surface area contributed by atoms with E-state index in [0.29, 0.717) is 11.4 Å². The van der Waals surface area contributed by atoms with E-state index in [9.17, 15) is 13.2 Å². The molecule has 0 radical (unpaired) electrons. The standard InChI is InChI=1S/C22H21F3N6O/c1-30-7-9-31(10-8-30)13-14-3-2-4-15(11-14)20-26-21(32-29-20)16-5-6-18-17(12-16)19(28-27-18)22(23,24)25/h2-6,11-12H,7-10,13H2,1H3,(H,27,28). The maximum atomic E-state index is 13.2. The Morgan fingerprint density at radius 1 is 1.03 bits per heavy atom. The topological polar surface area (TPSA) is 74.1 Å². The summed E-state index contributed by atoms with van der Waals surface area (Å²) in [5.74, 6) is 0.546. The van der Waals surface area contributed by atoms with E-state index in [4.69, 9.17) is 4.52 Å². The van der Waals surface area contributed by atoms with Gasteiger partial charge in [0.25, 0.3) is 5.89 Å². The molecule has 4 aromatic rings. The van der Waals surface area contributed by atoms with Gasteiger partial charge in [-0.25, -0.2) is 0 Å². The van der Waals surface area contributed by atoms with Gasteiger partial charge in [0.05, 0.1) is 5.52 Å². The van der Waals surface area contributed by atoms with Crippen LogP contribution in [0.1, 0.15) is 11.3 Å². The zero-order chi connectivity index (χ0) is 22.3. The van der Waals surface area contributed by atoms with Crippen LogP contribution in [0.25, 0.3) is 33.7 Å². The minimum absolute atomic E-state index is 0.0380. The number of nitrogens with zero attached hydrogens (tertiary/aromatic N) is 5. The van der Waals surface area contributed by atoms with E-state index in [1.165, 1.54) is 12.1 Å². The van der Waals surface area contributed by atoms with Gasteiger partial charge in [-0.2, -0.15) is 23.3 Å². The molecule has 2 aromatic carbocycles. The van der Waals surface area contributed by atoms with E-state index in [2.05, 4.69) is 43.3 Å². The lowest BCUT2D eigenvalue weighted by Gasteiger charge is -2.32. The summed E-state index contributed by atoms with van der Waals surface area (Å²) in [6, 6.07) is 12.4. The number of aromatic amines is 1. The zero-order valence-electron chi connectivity index (χ0n) is 17.4. The Bertz CT molecular complexity index is 1240. The van der Waals surface area contributed by atoms with Gasteiger partial charge in [0.15, 0.2) is 0 Å². The van der Waals surface area contributed by atoms with Crippen LogP contribution in [0.2, 0.25) is 0 Å². The highest BCUT2D eigenvalue weighted by molar-refractivity contribution is 5.86. The number of likely N-dealkylation sites (N-methyl/N-ethyl adjacent to an activating group) is 1. The second-order valence-electron chi connectivity index (χ2n) is 8.03. The maximum Gasteiger partial charge on any atom is 0.433 e. The summed E-state index contributed by atoms with van der Waals surface area (Å²) in [5, 5.41) is 9.78. The monoisotopic (exact) mass is 442 g/mol. The fourth-order valence-corrected chi connectivity index (χ4v) is 3.89. The van der Waals surface area contributed by atoms with Gasteiger partial charge in [-0.1, -0.05) is 23.4 Å². The van der Waals surface area contributed by atoms with Crippen LogP contribution in [0.15, 0.2) is 47.0 Å². The molecule has 0 unspecified atom stereocenters. The first kappa shape index (κ1) is 20.7. The summed E-state index contributed by atoms with van der Waals surface area (Å²) in [6.07, 6.45) is -4.53. The lowest BCUT2D eigenvalue weighted by molar-refractivity contribution is -0.139. The van der Waals surface area contributed by atoms with Crippen LogP contribution < -0.4 is 0 Å². The van der Waals surface area contributed by atoms with Crippen molar-refractivity contribution in [1.29, 1.82) is 0 Å². The van der Waals surface area contributed by atoms with Crippen LogP contribution in [0, 0.1) is 0 Å². The fraction of sp³-hybridized carbons (Fsp3) is 0.318. The molecule has 3 heterocycles. The van der Waals surface area contributed by atoms with E-state index >= 15 is 0 Å². The summed E-state index contributed by atoms with van der Waals surface area (Å²) >= 11 is 0. The van der Waals surface area contributed by atoms with Gasteiger partial charge in [-0.05, 0) is 36.9 Å². The molecule has 1 N–H and O–H groups in total. The van der Waals surface area contributed by atoms with Crippen molar-refractivity contribution < 1.29 is 17.7 Å². The number of nitrogens with one attached hydrogen (secondary N) is 1. The van der Waals surface area contributed by atoms with Crippen LogP contribution >= 0.6 is 0 Å². The minimum Gasteiger partial charge on any atom is -0.334 e. The molecule has 32 heavy (non-hydrogen) atoms. The fourth-order valence-electron chi connectivity index (χ4n) is 3.89. The van der Waals surface area contributed by atoms with Gasteiger partial charge >= 0.3 is 6.18 Å². The number of hydrogen-bond acceptors (Lipinski definition) is 6. The Labute approximate surface area is 181 Å². The number of H-pyrrole nitrogens is 1. The number of rotatable bonds is 4. The van der Waals surface area contributed by atoms with Crippen LogP contribution in [-0.2, 0) is 12.7 Å². The second-order valence-corrected chi connectivity index (χ2v) is 8.03. The van der Waals surface area contributed by atoms with Crippen molar-refractivity contribution in [2.45, 2.75) is 12.7 Å². The third-order valence-corrected chi connectivity index (χ3v) is 5.70. The average molecular weight is 442 g/mol. The van der Waals surface area contributed by atoms with E-state index < -0.39 is 11.9 Å². The van der Waals surface area contributed by atoms with E-state index in [1.807, 2.05) is 18.2 Å². The molecule has 1 aliphatic heterocycles. The summed E-state index contributed by atoms with van der Waals surface area (Å²) < 4.78 is 45.0. The van der Waals surface area contributed by atoms with Gasteiger partial charge in [0, 0.05) is 49.2 Å². The Hall–Kier alpha value is -3.24. The first-order valence-electron chi connectivity index (χ1n) is 10.3. The van der Waals surface area contributed by atoms with Crippen LogP contribution in [0.3, 0.4) is 0 Å². The van der Waals surface area contributed by atoms with Gasteiger partial charge in [-0.3, -0.25) is 10.00 Å². The largest absolute Gasteiger partial charge is 0.433 e. The van der Waals surface area contributed by atoms with Crippen molar-refractivity contribution in [3.63, 3.8) is 0 Å². The van der Waals surface area contributed by atoms with Crippen molar-refractivity contribution in [1.82, 2.24) is 30.1 Å². The molecular formula is C22H21F3N6O. The third-order valence-electron chi connectivity index (χ3n) is 5.70. The van der Waals surface area contributed by atoms with Gasteiger partial charge < -0.3 is 9.42 Å². The summed E-state index contributed by atoms with van der Waals surface area (Å²) in [7, 11) is 2.13.